The molecular weight excluding hydrogens is 198 g/mol. The smallest absolute Gasteiger partial charge is 0.151 e. The predicted molar refractivity (Wildman–Crippen MR) is 63.6 cm³/mol. The van der Waals surface area contributed by atoms with Crippen molar-refractivity contribution in [3.05, 3.63) is 65.0 Å². The SMILES string of the molecule is Cc1ccc(C=O)c(Cc2ccccc2)n1. The van der Waals surface area contributed by atoms with E-state index in [2.05, 4.69) is 4.98 Å². The summed E-state index contributed by atoms with van der Waals surface area (Å²) in [5, 5.41) is 0. The second kappa shape index (κ2) is 4.71. The van der Waals surface area contributed by atoms with E-state index in [-0.39, 0.29) is 0 Å². The molecule has 1 aromatic carbocycles. The average Bonchev–Trinajstić information content (AvgIpc) is 2.31. The molecule has 16 heavy (non-hydrogen) atoms. The minimum absolute atomic E-state index is 0.675. The van der Waals surface area contributed by atoms with Crippen LogP contribution in [0.15, 0.2) is 42.5 Å². The van der Waals surface area contributed by atoms with Crippen molar-refractivity contribution < 1.29 is 4.79 Å². The second-order valence-electron chi connectivity index (χ2n) is 3.77. The predicted octanol–water partition coefficient (Wildman–Crippen LogP) is 2.79. The highest BCUT2D eigenvalue weighted by Crippen LogP contribution is 2.11. The lowest BCUT2D eigenvalue weighted by molar-refractivity contribution is 0.112. The summed E-state index contributed by atoms with van der Waals surface area (Å²) in [4.78, 5) is 15.3. The molecule has 0 radical (unpaired) electrons. The fraction of sp³-hybridized carbons (Fsp3) is 0.143. The molecule has 1 aromatic heterocycles. The number of carbonyl (C=O) groups is 1. The molecule has 0 saturated carbocycles. The Bertz CT molecular complexity index is 491. The Hall–Kier alpha value is -1.96. The van der Waals surface area contributed by atoms with Gasteiger partial charge in [-0.05, 0) is 24.6 Å². The fourth-order valence-corrected chi connectivity index (χ4v) is 1.66. The first-order chi connectivity index (χ1) is 7.79. The van der Waals surface area contributed by atoms with Crippen LogP contribution in [-0.4, -0.2) is 11.3 Å². The van der Waals surface area contributed by atoms with Crippen LogP contribution in [0, 0.1) is 6.92 Å². The molecule has 80 valence electrons. The van der Waals surface area contributed by atoms with E-state index in [4.69, 9.17) is 0 Å². The highest BCUT2D eigenvalue weighted by molar-refractivity contribution is 5.76. The average molecular weight is 211 g/mol. The second-order valence-corrected chi connectivity index (χ2v) is 3.77. The molecule has 0 fully saturated rings. The normalized spacial score (nSPS) is 10.1. The lowest BCUT2D eigenvalue weighted by atomic mass is 10.1. The van der Waals surface area contributed by atoms with Crippen LogP contribution >= 0.6 is 0 Å². The molecule has 0 saturated heterocycles. The van der Waals surface area contributed by atoms with Crippen LogP contribution in [0.1, 0.15) is 27.3 Å². The van der Waals surface area contributed by atoms with E-state index < -0.39 is 0 Å². The van der Waals surface area contributed by atoms with Gasteiger partial charge in [-0.25, -0.2) is 0 Å². The number of pyridine rings is 1. The van der Waals surface area contributed by atoms with Gasteiger partial charge in [-0.2, -0.15) is 0 Å². The number of aryl methyl sites for hydroxylation is 1. The summed E-state index contributed by atoms with van der Waals surface area (Å²) in [6.07, 6.45) is 1.57. The Morgan fingerprint density at radius 1 is 1.12 bits per heavy atom. The lowest BCUT2D eigenvalue weighted by Crippen LogP contribution is -1.99. The van der Waals surface area contributed by atoms with Gasteiger partial charge in [0.05, 0.1) is 5.69 Å². The summed E-state index contributed by atoms with van der Waals surface area (Å²) >= 11 is 0. The van der Waals surface area contributed by atoms with E-state index >= 15 is 0 Å². The van der Waals surface area contributed by atoms with Gasteiger partial charge in [0.2, 0.25) is 0 Å². The van der Waals surface area contributed by atoms with Crippen molar-refractivity contribution in [3.8, 4) is 0 Å². The molecule has 1 heterocycles. The van der Waals surface area contributed by atoms with Crippen molar-refractivity contribution >= 4 is 6.29 Å². The van der Waals surface area contributed by atoms with Gasteiger partial charge >= 0.3 is 0 Å². The van der Waals surface area contributed by atoms with Gasteiger partial charge in [0.15, 0.2) is 6.29 Å². The highest BCUT2D eigenvalue weighted by atomic mass is 16.1. The zero-order valence-corrected chi connectivity index (χ0v) is 9.18. The molecule has 0 aliphatic rings. The standard InChI is InChI=1S/C14H13NO/c1-11-7-8-13(10-16)14(15-11)9-12-5-3-2-4-6-12/h2-8,10H,9H2,1H3. The summed E-state index contributed by atoms with van der Waals surface area (Å²) in [5.41, 5.74) is 3.64. The topological polar surface area (TPSA) is 30.0 Å². The van der Waals surface area contributed by atoms with E-state index in [0.29, 0.717) is 12.0 Å². The third-order valence-corrected chi connectivity index (χ3v) is 2.49. The van der Waals surface area contributed by atoms with E-state index in [1.54, 1.807) is 0 Å². The van der Waals surface area contributed by atoms with E-state index in [1.165, 1.54) is 5.56 Å². The van der Waals surface area contributed by atoms with Crippen molar-refractivity contribution in [1.29, 1.82) is 0 Å². The highest BCUT2D eigenvalue weighted by Gasteiger charge is 2.04. The number of benzene rings is 1. The molecule has 0 atom stereocenters. The quantitative estimate of drug-likeness (QED) is 0.731. The van der Waals surface area contributed by atoms with Gasteiger partial charge < -0.3 is 0 Å². The summed E-state index contributed by atoms with van der Waals surface area (Å²) in [7, 11) is 0. The van der Waals surface area contributed by atoms with Gasteiger partial charge in [-0.15, -0.1) is 0 Å². The maximum absolute atomic E-state index is 10.9. The van der Waals surface area contributed by atoms with Crippen molar-refractivity contribution in [2.45, 2.75) is 13.3 Å². The molecule has 0 spiro atoms. The molecule has 2 nitrogen and oxygen atoms in total. The number of aldehydes is 1. The molecule has 0 aliphatic carbocycles. The number of rotatable bonds is 3. The Kier molecular flexibility index (Phi) is 3.10. The Balaban J connectivity index is 2.33. The third kappa shape index (κ3) is 2.34. The fourth-order valence-electron chi connectivity index (χ4n) is 1.66. The maximum atomic E-state index is 10.9. The van der Waals surface area contributed by atoms with Crippen molar-refractivity contribution in [2.75, 3.05) is 0 Å². The maximum Gasteiger partial charge on any atom is 0.151 e. The van der Waals surface area contributed by atoms with E-state index in [9.17, 15) is 4.79 Å². The first kappa shape index (κ1) is 10.6. The molecule has 0 amide bonds. The Morgan fingerprint density at radius 2 is 1.88 bits per heavy atom. The van der Waals surface area contributed by atoms with Gasteiger partial charge in [0.25, 0.3) is 0 Å². The molecule has 2 aromatic rings. The van der Waals surface area contributed by atoms with Crippen LogP contribution in [-0.2, 0) is 6.42 Å². The zero-order valence-electron chi connectivity index (χ0n) is 9.18. The largest absolute Gasteiger partial charge is 0.298 e. The summed E-state index contributed by atoms with van der Waals surface area (Å²) in [6, 6.07) is 13.7. The monoisotopic (exact) mass is 211 g/mol. The minimum Gasteiger partial charge on any atom is -0.298 e. The molecule has 0 N–H and O–H groups in total. The van der Waals surface area contributed by atoms with Crippen molar-refractivity contribution in [3.63, 3.8) is 0 Å². The van der Waals surface area contributed by atoms with Crippen LogP contribution in [0.25, 0.3) is 0 Å². The molecule has 2 heteroatoms. The lowest BCUT2D eigenvalue weighted by Gasteiger charge is -2.05. The minimum atomic E-state index is 0.675. The number of hydrogen-bond acceptors (Lipinski definition) is 2. The summed E-state index contributed by atoms with van der Waals surface area (Å²) in [6.45, 7) is 1.93. The Morgan fingerprint density at radius 3 is 2.56 bits per heavy atom. The van der Waals surface area contributed by atoms with Gasteiger partial charge in [-0.1, -0.05) is 30.3 Å². The van der Waals surface area contributed by atoms with Gasteiger partial charge in [0.1, 0.15) is 0 Å². The summed E-state index contributed by atoms with van der Waals surface area (Å²) < 4.78 is 0. The number of nitrogens with zero attached hydrogens (tertiary/aromatic N) is 1. The van der Waals surface area contributed by atoms with Crippen LogP contribution in [0.2, 0.25) is 0 Å². The van der Waals surface area contributed by atoms with Crippen LogP contribution in [0.3, 0.4) is 0 Å². The summed E-state index contributed by atoms with van der Waals surface area (Å²) in [5.74, 6) is 0. The van der Waals surface area contributed by atoms with Gasteiger partial charge in [0, 0.05) is 17.7 Å². The van der Waals surface area contributed by atoms with Crippen LogP contribution in [0.4, 0.5) is 0 Å². The van der Waals surface area contributed by atoms with Crippen molar-refractivity contribution in [1.82, 2.24) is 4.98 Å². The van der Waals surface area contributed by atoms with Gasteiger partial charge in [-0.3, -0.25) is 9.78 Å². The molecular formula is C14H13NO. The van der Waals surface area contributed by atoms with E-state index in [1.807, 2.05) is 49.4 Å². The van der Waals surface area contributed by atoms with E-state index in [0.717, 1.165) is 17.7 Å². The number of aromatic nitrogens is 1. The Labute approximate surface area is 95.0 Å². The first-order valence-electron chi connectivity index (χ1n) is 5.25. The first-order valence-corrected chi connectivity index (χ1v) is 5.25. The van der Waals surface area contributed by atoms with Crippen LogP contribution in [0.5, 0.6) is 0 Å². The third-order valence-electron chi connectivity index (χ3n) is 2.49. The molecule has 0 unspecified atom stereocenters. The zero-order chi connectivity index (χ0) is 11.4. The number of hydrogen-bond donors (Lipinski definition) is 0. The number of carbonyl (C=O) groups excluding carboxylic acids is 1. The van der Waals surface area contributed by atoms with Crippen molar-refractivity contribution in [2.24, 2.45) is 0 Å². The molecule has 0 aliphatic heterocycles. The van der Waals surface area contributed by atoms with Crippen LogP contribution < -0.4 is 0 Å². The molecule has 0 bridgehead atoms. The molecule has 2 rings (SSSR count).